The van der Waals surface area contributed by atoms with Gasteiger partial charge in [0.05, 0.1) is 0 Å². The second kappa shape index (κ2) is 12.8. The Hall–Kier alpha value is -0.570. The van der Waals surface area contributed by atoms with E-state index in [1.54, 1.807) is 7.05 Å². The van der Waals surface area contributed by atoms with Crippen LogP contribution in [0.2, 0.25) is 0 Å². The van der Waals surface area contributed by atoms with Gasteiger partial charge in [0.2, 0.25) is 5.91 Å². The Labute approximate surface area is 176 Å². The summed E-state index contributed by atoms with van der Waals surface area (Å²) >= 11 is 0. The zero-order valence-corrected chi connectivity index (χ0v) is 19.6. The minimum atomic E-state index is -0.352. The summed E-state index contributed by atoms with van der Waals surface area (Å²) in [4.78, 5) is 16.1. The van der Waals surface area contributed by atoms with Gasteiger partial charge in [0.1, 0.15) is 0 Å². The summed E-state index contributed by atoms with van der Waals surface area (Å²) in [6.45, 7) is 11.6. The van der Waals surface area contributed by atoms with Crippen LogP contribution in [0.4, 0.5) is 0 Å². The van der Waals surface area contributed by atoms with E-state index < -0.39 is 0 Å². The highest BCUT2D eigenvalue weighted by atomic mass is 127. The minimum Gasteiger partial charge on any atom is -0.382 e. The molecule has 0 unspecified atom stereocenters. The number of guanidine groups is 1. The molecule has 7 heteroatoms. The predicted octanol–water partition coefficient (Wildman–Crippen LogP) is 2.92. The Morgan fingerprint density at radius 1 is 1.12 bits per heavy atom. The number of nitrogens with one attached hydrogen (secondary N) is 3. The first-order valence-electron chi connectivity index (χ1n) is 9.63. The average Bonchev–Trinajstić information content (AvgIpc) is 3.02. The molecule has 0 saturated heterocycles. The lowest BCUT2D eigenvalue weighted by Crippen LogP contribution is -2.46. The lowest BCUT2D eigenvalue weighted by Gasteiger charge is -2.30. The number of hydrogen-bond acceptors (Lipinski definition) is 3. The fourth-order valence-electron chi connectivity index (χ4n) is 3.19. The van der Waals surface area contributed by atoms with Gasteiger partial charge < -0.3 is 20.7 Å². The van der Waals surface area contributed by atoms with Crippen LogP contribution in [0.5, 0.6) is 0 Å². The van der Waals surface area contributed by atoms with Gasteiger partial charge in [-0.05, 0) is 31.6 Å². The molecule has 0 bridgehead atoms. The van der Waals surface area contributed by atoms with Crippen LogP contribution in [-0.2, 0) is 9.53 Å². The number of rotatable bonds is 9. The molecule has 0 aromatic rings. The second-order valence-corrected chi connectivity index (χ2v) is 8.01. The molecule has 1 saturated carbocycles. The van der Waals surface area contributed by atoms with Gasteiger partial charge >= 0.3 is 0 Å². The molecule has 0 spiro atoms. The van der Waals surface area contributed by atoms with E-state index in [9.17, 15) is 4.79 Å². The van der Waals surface area contributed by atoms with Crippen LogP contribution < -0.4 is 16.0 Å². The summed E-state index contributed by atoms with van der Waals surface area (Å²) in [5.41, 5.74) is -0.0252. The molecule has 0 heterocycles. The fourth-order valence-corrected chi connectivity index (χ4v) is 3.19. The third kappa shape index (κ3) is 9.39. The molecule has 154 valence electrons. The van der Waals surface area contributed by atoms with Crippen molar-refractivity contribution in [1.29, 1.82) is 0 Å². The third-order valence-corrected chi connectivity index (χ3v) is 4.88. The predicted molar refractivity (Wildman–Crippen MR) is 119 cm³/mol. The Morgan fingerprint density at radius 3 is 2.27 bits per heavy atom. The highest BCUT2D eigenvalue weighted by Crippen LogP contribution is 2.40. The molecule has 1 aliphatic rings. The lowest BCUT2D eigenvalue weighted by atomic mass is 9.83. The van der Waals surface area contributed by atoms with Crippen molar-refractivity contribution in [2.75, 3.05) is 39.9 Å². The monoisotopic (exact) mass is 482 g/mol. The number of hydrogen-bond donors (Lipinski definition) is 3. The van der Waals surface area contributed by atoms with Crippen molar-refractivity contribution in [2.24, 2.45) is 15.8 Å². The maximum absolute atomic E-state index is 11.8. The smallest absolute Gasteiger partial charge is 0.225 e. The molecule has 0 atom stereocenters. The normalized spacial score (nSPS) is 16.7. The van der Waals surface area contributed by atoms with Crippen molar-refractivity contribution in [1.82, 2.24) is 16.0 Å². The number of carbonyl (C=O) groups is 1. The number of halogens is 1. The van der Waals surface area contributed by atoms with E-state index in [0.29, 0.717) is 18.5 Å². The summed E-state index contributed by atoms with van der Waals surface area (Å²) in [6, 6.07) is 0. The van der Waals surface area contributed by atoms with Crippen molar-refractivity contribution in [3.05, 3.63) is 0 Å². The first-order valence-corrected chi connectivity index (χ1v) is 9.63. The fraction of sp³-hybridized carbons (Fsp3) is 0.895. The number of carbonyl (C=O) groups excluding carboxylic acids is 1. The van der Waals surface area contributed by atoms with Crippen LogP contribution in [-0.4, -0.2) is 51.8 Å². The first-order chi connectivity index (χ1) is 11.8. The highest BCUT2D eigenvalue weighted by molar-refractivity contribution is 14.0. The van der Waals surface area contributed by atoms with E-state index in [-0.39, 0.29) is 35.3 Å². The summed E-state index contributed by atoms with van der Waals surface area (Å²) in [7, 11) is 1.78. The molecule has 26 heavy (non-hydrogen) atoms. The van der Waals surface area contributed by atoms with E-state index in [1.165, 1.54) is 25.7 Å². The van der Waals surface area contributed by atoms with Gasteiger partial charge in [0, 0.05) is 45.3 Å². The van der Waals surface area contributed by atoms with Crippen LogP contribution in [0.25, 0.3) is 0 Å². The molecule has 1 fully saturated rings. The largest absolute Gasteiger partial charge is 0.382 e. The van der Waals surface area contributed by atoms with Gasteiger partial charge in [-0.2, -0.15) is 0 Å². The van der Waals surface area contributed by atoms with Crippen LogP contribution >= 0.6 is 24.0 Å². The summed E-state index contributed by atoms with van der Waals surface area (Å²) in [5.74, 6) is 0.866. The maximum Gasteiger partial charge on any atom is 0.225 e. The molecule has 3 N–H and O–H groups in total. The van der Waals surface area contributed by atoms with Gasteiger partial charge in [-0.25, -0.2) is 0 Å². The molecule has 1 amide bonds. The standard InChI is InChI=1S/C19H38N4O2.HI/c1-6-25-14-11-19(9-7-8-10-19)15-23-17(20-5)22-13-12-21-16(24)18(2,3)4;/h6-15H2,1-5H3,(H,21,24)(H2,20,22,23);1H. The molecule has 1 rings (SSSR count). The highest BCUT2D eigenvalue weighted by Gasteiger charge is 2.33. The summed E-state index contributed by atoms with van der Waals surface area (Å²) in [5, 5.41) is 9.69. The van der Waals surface area contributed by atoms with Crippen LogP contribution in [0, 0.1) is 10.8 Å². The Balaban J connectivity index is 0.00000625. The van der Waals surface area contributed by atoms with Gasteiger partial charge in [-0.1, -0.05) is 33.6 Å². The Morgan fingerprint density at radius 2 is 1.73 bits per heavy atom. The third-order valence-electron chi connectivity index (χ3n) is 4.88. The van der Waals surface area contributed by atoms with Crippen molar-refractivity contribution >= 4 is 35.8 Å². The number of ether oxygens (including phenoxy) is 1. The minimum absolute atomic E-state index is 0. The molecule has 0 aliphatic heterocycles. The Bertz CT molecular complexity index is 430. The summed E-state index contributed by atoms with van der Waals surface area (Å²) in [6.07, 6.45) is 6.22. The SMILES string of the molecule is CCOCCC1(CNC(=NC)NCCNC(=O)C(C)(C)C)CCCC1.I. The maximum atomic E-state index is 11.8. The van der Waals surface area contributed by atoms with Crippen LogP contribution in [0.15, 0.2) is 4.99 Å². The average molecular weight is 482 g/mol. The number of amides is 1. The van der Waals surface area contributed by atoms with E-state index in [4.69, 9.17) is 4.74 Å². The second-order valence-electron chi connectivity index (χ2n) is 8.01. The first kappa shape index (κ1) is 25.4. The summed E-state index contributed by atoms with van der Waals surface area (Å²) < 4.78 is 5.57. The van der Waals surface area contributed by atoms with E-state index in [0.717, 1.165) is 32.1 Å². The number of nitrogens with zero attached hydrogens (tertiary/aromatic N) is 1. The Kier molecular flexibility index (Phi) is 12.5. The molecule has 0 radical (unpaired) electrons. The van der Waals surface area contributed by atoms with E-state index in [2.05, 4.69) is 20.9 Å². The van der Waals surface area contributed by atoms with Gasteiger partial charge in [0.15, 0.2) is 5.96 Å². The van der Waals surface area contributed by atoms with Gasteiger partial charge in [0.25, 0.3) is 0 Å². The van der Waals surface area contributed by atoms with Crippen molar-refractivity contribution in [3.63, 3.8) is 0 Å². The quantitative estimate of drug-likeness (QED) is 0.205. The topological polar surface area (TPSA) is 74.8 Å². The van der Waals surface area contributed by atoms with E-state index in [1.807, 2.05) is 27.7 Å². The van der Waals surface area contributed by atoms with E-state index >= 15 is 0 Å². The van der Waals surface area contributed by atoms with Gasteiger partial charge in [-0.15, -0.1) is 24.0 Å². The zero-order chi connectivity index (χ0) is 18.8. The van der Waals surface area contributed by atoms with Crippen LogP contribution in [0.3, 0.4) is 0 Å². The van der Waals surface area contributed by atoms with Crippen molar-refractivity contribution in [2.45, 2.75) is 59.8 Å². The zero-order valence-electron chi connectivity index (χ0n) is 17.2. The van der Waals surface area contributed by atoms with Crippen LogP contribution in [0.1, 0.15) is 59.8 Å². The molecule has 0 aromatic heterocycles. The van der Waals surface area contributed by atoms with Crippen molar-refractivity contribution in [3.8, 4) is 0 Å². The molecule has 0 aromatic carbocycles. The molecular formula is C19H39IN4O2. The molecular weight excluding hydrogens is 443 g/mol. The molecule has 6 nitrogen and oxygen atoms in total. The number of aliphatic imine (C=N–C) groups is 1. The lowest BCUT2D eigenvalue weighted by molar-refractivity contribution is -0.128. The molecule has 1 aliphatic carbocycles. The van der Waals surface area contributed by atoms with Crippen molar-refractivity contribution < 1.29 is 9.53 Å². The van der Waals surface area contributed by atoms with Gasteiger partial charge in [-0.3, -0.25) is 9.79 Å².